The van der Waals surface area contributed by atoms with E-state index in [4.69, 9.17) is 23.2 Å². The second kappa shape index (κ2) is 8.21. The van der Waals surface area contributed by atoms with Crippen molar-refractivity contribution in [2.75, 3.05) is 13.1 Å². The van der Waals surface area contributed by atoms with Crippen molar-refractivity contribution in [3.63, 3.8) is 0 Å². The highest BCUT2D eigenvalue weighted by atomic mass is 35.5. The normalized spacial score (nSPS) is 16.2. The standard InChI is InChI=1S/C16H18Cl2N4O.ClH/c17-13-3-2-12(14(18)10-13)11-20-15(23)16(4-7-19-8-5-16)22-9-1-6-21-22;/h1-3,6,9-10,19H,4-5,7-8,11H2,(H,20,23);1H. The average Bonchev–Trinajstić information content (AvgIpc) is 3.09. The zero-order valence-corrected chi connectivity index (χ0v) is 15.3. The van der Waals surface area contributed by atoms with Crippen LogP contribution in [0.25, 0.3) is 0 Å². The molecule has 1 aromatic heterocycles. The Morgan fingerprint density at radius 2 is 2.08 bits per heavy atom. The topological polar surface area (TPSA) is 59.0 Å². The second-order valence-electron chi connectivity index (χ2n) is 5.65. The first-order valence-electron chi connectivity index (χ1n) is 7.55. The van der Waals surface area contributed by atoms with Crippen molar-refractivity contribution >= 4 is 41.5 Å². The molecule has 0 radical (unpaired) electrons. The number of hydrogen-bond acceptors (Lipinski definition) is 3. The molecule has 5 nitrogen and oxygen atoms in total. The van der Waals surface area contributed by atoms with Crippen LogP contribution in [0.2, 0.25) is 10.0 Å². The maximum atomic E-state index is 12.9. The van der Waals surface area contributed by atoms with Gasteiger partial charge in [-0.2, -0.15) is 5.10 Å². The van der Waals surface area contributed by atoms with Gasteiger partial charge in [-0.3, -0.25) is 9.48 Å². The van der Waals surface area contributed by atoms with E-state index in [1.807, 2.05) is 18.3 Å². The van der Waals surface area contributed by atoms with E-state index in [-0.39, 0.29) is 18.3 Å². The summed E-state index contributed by atoms with van der Waals surface area (Å²) in [5.41, 5.74) is 0.196. The SMILES string of the molecule is Cl.O=C(NCc1ccc(Cl)cc1Cl)C1(n2cccn2)CCNCC1. The van der Waals surface area contributed by atoms with E-state index in [1.165, 1.54) is 0 Å². The van der Waals surface area contributed by atoms with E-state index in [0.29, 0.717) is 29.4 Å². The first-order chi connectivity index (χ1) is 11.1. The van der Waals surface area contributed by atoms with Gasteiger partial charge in [-0.25, -0.2) is 0 Å². The van der Waals surface area contributed by atoms with Gasteiger partial charge in [0.05, 0.1) is 0 Å². The zero-order valence-electron chi connectivity index (χ0n) is 13.0. The van der Waals surface area contributed by atoms with Crippen LogP contribution in [0, 0.1) is 0 Å². The minimum Gasteiger partial charge on any atom is -0.350 e. The number of carbonyl (C=O) groups excluding carboxylic acids is 1. The molecule has 24 heavy (non-hydrogen) atoms. The quantitative estimate of drug-likeness (QED) is 0.845. The van der Waals surface area contributed by atoms with Crippen molar-refractivity contribution < 1.29 is 4.79 Å². The number of aromatic nitrogens is 2. The number of benzene rings is 1. The van der Waals surface area contributed by atoms with E-state index in [0.717, 1.165) is 18.7 Å². The van der Waals surface area contributed by atoms with Crippen molar-refractivity contribution in [2.24, 2.45) is 0 Å². The van der Waals surface area contributed by atoms with Crippen LogP contribution >= 0.6 is 35.6 Å². The van der Waals surface area contributed by atoms with Crippen LogP contribution in [0.4, 0.5) is 0 Å². The summed E-state index contributed by atoms with van der Waals surface area (Å²) in [4.78, 5) is 12.9. The highest BCUT2D eigenvalue weighted by Crippen LogP contribution is 2.28. The smallest absolute Gasteiger partial charge is 0.248 e. The molecule has 0 spiro atoms. The third-order valence-corrected chi connectivity index (χ3v) is 4.84. The van der Waals surface area contributed by atoms with E-state index < -0.39 is 5.54 Å². The summed E-state index contributed by atoms with van der Waals surface area (Å²) >= 11 is 12.1. The molecular formula is C16H19Cl3N4O. The monoisotopic (exact) mass is 388 g/mol. The first kappa shape index (κ1) is 19.1. The van der Waals surface area contributed by atoms with Gasteiger partial charge in [0.2, 0.25) is 5.91 Å². The Hall–Kier alpha value is -1.27. The van der Waals surface area contributed by atoms with Crippen molar-refractivity contribution in [2.45, 2.75) is 24.9 Å². The van der Waals surface area contributed by atoms with Gasteiger partial charge in [-0.1, -0.05) is 29.3 Å². The number of rotatable bonds is 4. The van der Waals surface area contributed by atoms with Crippen molar-refractivity contribution in [3.8, 4) is 0 Å². The Labute approximate surface area is 157 Å². The molecule has 1 saturated heterocycles. The van der Waals surface area contributed by atoms with Gasteiger partial charge in [0, 0.05) is 29.0 Å². The Morgan fingerprint density at radius 1 is 1.33 bits per heavy atom. The molecule has 0 unspecified atom stereocenters. The number of piperidine rings is 1. The van der Waals surface area contributed by atoms with Crippen LogP contribution in [0.15, 0.2) is 36.7 Å². The molecule has 1 aromatic carbocycles. The number of nitrogens with one attached hydrogen (secondary N) is 2. The number of nitrogens with zero attached hydrogens (tertiary/aromatic N) is 2. The molecule has 1 aliphatic rings. The van der Waals surface area contributed by atoms with Crippen LogP contribution < -0.4 is 10.6 Å². The third-order valence-electron chi connectivity index (χ3n) is 4.25. The van der Waals surface area contributed by atoms with Crippen molar-refractivity contribution in [3.05, 3.63) is 52.3 Å². The predicted molar refractivity (Wildman–Crippen MR) is 97.9 cm³/mol. The van der Waals surface area contributed by atoms with E-state index in [9.17, 15) is 4.79 Å². The highest BCUT2D eigenvalue weighted by Gasteiger charge is 2.41. The molecule has 0 atom stereocenters. The number of carbonyl (C=O) groups is 1. The molecule has 0 bridgehead atoms. The first-order valence-corrected chi connectivity index (χ1v) is 8.30. The van der Waals surface area contributed by atoms with Gasteiger partial charge < -0.3 is 10.6 Å². The fourth-order valence-corrected chi connectivity index (χ4v) is 3.40. The molecule has 0 aliphatic carbocycles. The van der Waals surface area contributed by atoms with E-state index in [1.54, 1.807) is 23.0 Å². The van der Waals surface area contributed by atoms with E-state index in [2.05, 4.69) is 15.7 Å². The maximum Gasteiger partial charge on any atom is 0.248 e. The molecule has 2 N–H and O–H groups in total. The summed E-state index contributed by atoms with van der Waals surface area (Å²) in [6, 6.07) is 7.11. The van der Waals surface area contributed by atoms with Crippen molar-refractivity contribution in [1.82, 2.24) is 20.4 Å². The van der Waals surface area contributed by atoms with Crippen LogP contribution in [0.5, 0.6) is 0 Å². The molecule has 1 fully saturated rings. The Bertz CT molecular complexity index is 685. The average molecular weight is 390 g/mol. The number of hydrogen-bond donors (Lipinski definition) is 2. The van der Waals surface area contributed by atoms with Gasteiger partial charge in [-0.15, -0.1) is 12.4 Å². The third kappa shape index (κ3) is 3.86. The van der Waals surface area contributed by atoms with Crippen LogP contribution in [0.1, 0.15) is 18.4 Å². The summed E-state index contributed by atoms with van der Waals surface area (Å²) in [6.07, 6.45) is 4.96. The molecule has 3 rings (SSSR count). The molecule has 2 aromatic rings. The van der Waals surface area contributed by atoms with Gasteiger partial charge >= 0.3 is 0 Å². The van der Waals surface area contributed by atoms with Crippen LogP contribution in [-0.2, 0) is 16.9 Å². The lowest BCUT2D eigenvalue weighted by atomic mass is 9.87. The lowest BCUT2D eigenvalue weighted by molar-refractivity contribution is -0.132. The van der Waals surface area contributed by atoms with Gasteiger partial charge in [0.15, 0.2) is 0 Å². The maximum absolute atomic E-state index is 12.9. The Kier molecular flexibility index (Phi) is 6.52. The van der Waals surface area contributed by atoms with E-state index >= 15 is 0 Å². The molecule has 130 valence electrons. The molecule has 0 saturated carbocycles. The predicted octanol–water partition coefficient (Wildman–Crippen LogP) is 3.01. The van der Waals surface area contributed by atoms with Crippen LogP contribution in [-0.4, -0.2) is 28.8 Å². The van der Waals surface area contributed by atoms with Gasteiger partial charge in [0.25, 0.3) is 0 Å². The minimum atomic E-state index is -0.645. The summed E-state index contributed by atoms with van der Waals surface area (Å²) in [6.45, 7) is 1.94. The fourth-order valence-electron chi connectivity index (χ4n) is 2.93. The molecule has 8 heteroatoms. The number of halogens is 3. The largest absolute Gasteiger partial charge is 0.350 e. The fraction of sp³-hybridized carbons (Fsp3) is 0.375. The number of amides is 1. The summed E-state index contributed by atoms with van der Waals surface area (Å²) in [5.74, 6) is -0.0336. The van der Waals surface area contributed by atoms with Gasteiger partial charge in [0.1, 0.15) is 5.54 Å². The summed E-state index contributed by atoms with van der Waals surface area (Å²) in [7, 11) is 0. The summed E-state index contributed by atoms with van der Waals surface area (Å²) < 4.78 is 1.77. The van der Waals surface area contributed by atoms with Crippen molar-refractivity contribution in [1.29, 1.82) is 0 Å². The second-order valence-corrected chi connectivity index (χ2v) is 6.49. The lowest BCUT2D eigenvalue weighted by Crippen LogP contribution is -2.54. The molecule has 2 heterocycles. The van der Waals surface area contributed by atoms with Gasteiger partial charge in [-0.05, 0) is 49.7 Å². The minimum absolute atomic E-state index is 0. The highest BCUT2D eigenvalue weighted by molar-refractivity contribution is 6.35. The molecule has 1 aliphatic heterocycles. The Balaban J connectivity index is 0.00000208. The molecular weight excluding hydrogens is 371 g/mol. The lowest BCUT2D eigenvalue weighted by Gasteiger charge is -2.36. The summed E-state index contributed by atoms with van der Waals surface area (Å²) in [5, 5.41) is 11.7. The zero-order chi connectivity index (χ0) is 16.3. The molecule has 1 amide bonds. The Morgan fingerprint density at radius 3 is 2.71 bits per heavy atom. The van der Waals surface area contributed by atoms with Crippen LogP contribution in [0.3, 0.4) is 0 Å².